The first-order chi connectivity index (χ1) is 11.8. The van der Waals surface area contributed by atoms with Crippen molar-refractivity contribution in [3.8, 4) is 0 Å². The molecule has 1 aromatic heterocycles. The number of amides is 1. The molecule has 25 heavy (non-hydrogen) atoms. The van der Waals surface area contributed by atoms with Gasteiger partial charge in [0.1, 0.15) is 12.4 Å². The second-order valence-electron chi connectivity index (χ2n) is 5.69. The highest BCUT2D eigenvalue weighted by molar-refractivity contribution is 5.81. The van der Waals surface area contributed by atoms with Crippen LogP contribution in [0.15, 0.2) is 42.7 Å². The van der Waals surface area contributed by atoms with E-state index in [0.717, 1.165) is 10.3 Å². The first kappa shape index (κ1) is 18.8. The molecule has 1 heterocycles. The number of likely N-dealkylation sites (N-methyl/N-ethyl adjacent to an activating group) is 2. The quantitative estimate of drug-likeness (QED) is 0.768. The van der Waals surface area contributed by atoms with Gasteiger partial charge in [-0.25, -0.2) is 4.98 Å². The van der Waals surface area contributed by atoms with Gasteiger partial charge in [0.2, 0.25) is 5.91 Å². The molecular weight excluding hydrogens is 333 g/mol. The summed E-state index contributed by atoms with van der Waals surface area (Å²) in [5.74, 6) is 0.0168. The van der Waals surface area contributed by atoms with E-state index in [0.29, 0.717) is 6.54 Å². The second kappa shape index (κ2) is 8.04. The standard InChI is InChI=1S/C17H21F3N4O/c1-3-23(14-7-5-4-6-8-14)12-16(25)22(2)11-15-21-9-10-24(15)13-17(18,19)20/h4-10H,3,11-13H2,1-2H3. The largest absolute Gasteiger partial charge is 0.406 e. The van der Waals surface area contributed by atoms with Crippen LogP contribution in [0, 0.1) is 0 Å². The van der Waals surface area contributed by atoms with Gasteiger partial charge in [-0.2, -0.15) is 13.2 Å². The maximum Gasteiger partial charge on any atom is 0.406 e. The first-order valence-electron chi connectivity index (χ1n) is 7.91. The van der Waals surface area contributed by atoms with Crippen LogP contribution in [-0.4, -0.2) is 46.7 Å². The van der Waals surface area contributed by atoms with Crippen LogP contribution in [0.2, 0.25) is 0 Å². The van der Waals surface area contributed by atoms with Gasteiger partial charge < -0.3 is 14.4 Å². The van der Waals surface area contributed by atoms with Gasteiger partial charge in [0.15, 0.2) is 0 Å². The smallest absolute Gasteiger partial charge is 0.362 e. The topological polar surface area (TPSA) is 41.4 Å². The van der Waals surface area contributed by atoms with Crippen LogP contribution in [-0.2, 0) is 17.9 Å². The summed E-state index contributed by atoms with van der Waals surface area (Å²) in [4.78, 5) is 19.7. The normalized spacial score (nSPS) is 11.4. The van der Waals surface area contributed by atoms with Gasteiger partial charge in [0.25, 0.3) is 0 Å². The third-order valence-electron chi connectivity index (χ3n) is 3.78. The lowest BCUT2D eigenvalue weighted by molar-refractivity contribution is -0.141. The predicted octanol–water partition coefficient (Wildman–Crippen LogP) is 2.93. The van der Waals surface area contributed by atoms with E-state index in [9.17, 15) is 18.0 Å². The minimum Gasteiger partial charge on any atom is -0.362 e. The fraction of sp³-hybridized carbons (Fsp3) is 0.412. The number of nitrogens with zero attached hydrogens (tertiary/aromatic N) is 4. The Bertz CT molecular complexity index is 685. The average Bonchev–Trinajstić information content (AvgIpc) is 2.98. The van der Waals surface area contributed by atoms with Crippen molar-refractivity contribution in [2.45, 2.75) is 26.2 Å². The number of anilines is 1. The summed E-state index contributed by atoms with van der Waals surface area (Å²) in [5.41, 5.74) is 0.922. The van der Waals surface area contributed by atoms with Crippen molar-refractivity contribution < 1.29 is 18.0 Å². The molecule has 0 bridgehead atoms. The number of imidazole rings is 1. The van der Waals surface area contributed by atoms with Crippen LogP contribution in [0.4, 0.5) is 18.9 Å². The van der Waals surface area contributed by atoms with Crippen LogP contribution in [0.3, 0.4) is 0 Å². The Morgan fingerprint density at radius 3 is 2.52 bits per heavy atom. The van der Waals surface area contributed by atoms with Crippen LogP contribution < -0.4 is 4.90 Å². The van der Waals surface area contributed by atoms with Crippen LogP contribution in [0.5, 0.6) is 0 Å². The lowest BCUT2D eigenvalue weighted by Gasteiger charge is -2.26. The number of hydrogen-bond donors (Lipinski definition) is 0. The molecule has 0 aliphatic rings. The van der Waals surface area contributed by atoms with Crippen molar-refractivity contribution in [2.24, 2.45) is 0 Å². The monoisotopic (exact) mass is 354 g/mol. The molecule has 5 nitrogen and oxygen atoms in total. The Morgan fingerprint density at radius 2 is 1.92 bits per heavy atom. The predicted molar refractivity (Wildman–Crippen MR) is 89.1 cm³/mol. The molecule has 136 valence electrons. The highest BCUT2D eigenvalue weighted by Crippen LogP contribution is 2.19. The van der Waals surface area contributed by atoms with Gasteiger partial charge in [-0.3, -0.25) is 4.79 Å². The molecule has 0 saturated carbocycles. The summed E-state index contributed by atoms with van der Waals surface area (Å²) < 4.78 is 38.7. The fourth-order valence-electron chi connectivity index (χ4n) is 2.44. The van der Waals surface area contributed by atoms with E-state index in [2.05, 4.69) is 4.98 Å². The molecule has 0 unspecified atom stereocenters. The van der Waals surface area contributed by atoms with Gasteiger partial charge in [0.05, 0.1) is 13.1 Å². The highest BCUT2D eigenvalue weighted by Gasteiger charge is 2.29. The van der Waals surface area contributed by atoms with Crippen molar-refractivity contribution >= 4 is 11.6 Å². The third kappa shape index (κ3) is 5.51. The average molecular weight is 354 g/mol. The molecule has 0 aliphatic carbocycles. The van der Waals surface area contributed by atoms with Gasteiger partial charge >= 0.3 is 6.18 Å². The molecule has 0 radical (unpaired) electrons. The van der Waals surface area contributed by atoms with Gasteiger partial charge in [-0.15, -0.1) is 0 Å². The molecule has 8 heteroatoms. The Morgan fingerprint density at radius 1 is 1.24 bits per heavy atom. The molecule has 0 aliphatic heterocycles. The molecule has 1 amide bonds. The minimum absolute atomic E-state index is 0.0221. The Labute approximate surface area is 144 Å². The number of carbonyl (C=O) groups is 1. The number of halogens is 3. The maximum atomic E-state index is 12.6. The van der Waals surface area contributed by atoms with Gasteiger partial charge in [-0.05, 0) is 19.1 Å². The van der Waals surface area contributed by atoms with Crippen LogP contribution in [0.25, 0.3) is 0 Å². The number of alkyl halides is 3. The van der Waals surface area contributed by atoms with Crippen molar-refractivity contribution in [1.82, 2.24) is 14.5 Å². The summed E-state index contributed by atoms with van der Waals surface area (Å²) in [6, 6.07) is 9.49. The summed E-state index contributed by atoms with van der Waals surface area (Å²) >= 11 is 0. The molecule has 1 aromatic carbocycles. The van der Waals surface area contributed by atoms with Crippen LogP contribution >= 0.6 is 0 Å². The number of hydrogen-bond acceptors (Lipinski definition) is 3. The van der Waals surface area contributed by atoms with Crippen molar-refractivity contribution in [2.75, 3.05) is 25.0 Å². The van der Waals surface area contributed by atoms with Gasteiger partial charge in [0, 0.05) is 31.7 Å². The summed E-state index contributed by atoms with van der Waals surface area (Å²) in [5, 5.41) is 0. The summed E-state index contributed by atoms with van der Waals surface area (Å²) in [6.07, 6.45) is -1.75. The van der Waals surface area contributed by atoms with Crippen molar-refractivity contribution in [3.63, 3.8) is 0 Å². The number of rotatable bonds is 7. The van der Waals surface area contributed by atoms with E-state index in [4.69, 9.17) is 0 Å². The zero-order chi connectivity index (χ0) is 18.4. The van der Waals surface area contributed by atoms with E-state index < -0.39 is 12.7 Å². The first-order valence-corrected chi connectivity index (χ1v) is 7.91. The third-order valence-corrected chi connectivity index (χ3v) is 3.78. The molecule has 0 fully saturated rings. The molecule has 2 rings (SSSR count). The van der Waals surface area contributed by atoms with E-state index in [-0.39, 0.29) is 24.8 Å². The zero-order valence-corrected chi connectivity index (χ0v) is 14.2. The number of benzene rings is 1. The molecular formula is C17H21F3N4O. The summed E-state index contributed by atoms with van der Waals surface area (Å²) in [7, 11) is 1.56. The number of carbonyl (C=O) groups excluding carboxylic acids is 1. The SMILES string of the molecule is CCN(CC(=O)N(C)Cc1nccn1CC(F)(F)F)c1ccccc1. The van der Waals surface area contributed by atoms with E-state index in [1.165, 1.54) is 17.3 Å². The van der Waals surface area contributed by atoms with Gasteiger partial charge in [-0.1, -0.05) is 18.2 Å². The fourth-order valence-corrected chi connectivity index (χ4v) is 2.44. The molecule has 0 atom stereocenters. The molecule has 0 N–H and O–H groups in total. The number of aromatic nitrogens is 2. The van der Waals surface area contributed by atoms with E-state index in [1.807, 2.05) is 42.2 Å². The molecule has 0 saturated heterocycles. The Kier molecular flexibility index (Phi) is 6.06. The summed E-state index contributed by atoms with van der Waals surface area (Å²) in [6.45, 7) is 1.64. The lowest BCUT2D eigenvalue weighted by Crippen LogP contribution is -2.38. The van der Waals surface area contributed by atoms with Crippen molar-refractivity contribution in [3.05, 3.63) is 48.5 Å². The Hall–Kier alpha value is -2.51. The Balaban J connectivity index is 2.00. The zero-order valence-electron chi connectivity index (χ0n) is 14.2. The number of para-hydroxylation sites is 1. The maximum absolute atomic E-state index is 12.6. The molecule has 2 aromatic rings. The van der Waals surface area contributed by atoms with Crippen molar-refractivity contribution in [1.29, 1.82) is 0 Å². The van der Waals surface area contributed by atoms with Crippen LogP contribution in [0.1, 0.15) is 12.7 Å². The minimum atomic E-state index is -4.33. The molecule has 0 spiro atoms. The second-order valence-corrected chi connectivity index (χ2v) is 5.69. The highest BCUT2D eigenvalue weighted by atomic mass is 19.4. The van der Waals surface area contributed by atoms with E-state index >= 15 is 0 Å². The lowest BCUT2D eigenvalue weighted by atomic mass is 10.3. The van der Waals surface area contributed by atoms with E-state index in [1.54, 1.807) is 7.05 Å².